The molecular weight excluding hydrogens is 572 g/mol. The fourth-order valence-corrected chi connectivity index (χ4v) is 5.28. The van der Waals surface area contributed by atoms with Crippen LogP contribution in [0.1, 0.15) is 11.5 Å². The third-order valence-electron chi connectivity index (χ3n) is 4.23. The first-order valence-electron chi connectivity index (χ1n) is 8.11. The Labute approximate surface area is 194 Å². The van der Waals surface area contributed by atoms with Gasteiger partial charge >= 0.3 is 0 Å². The molecule has 0 atom stereocenters. The molecule has 0 bridgehead atoms. The zero-order valence-electron chi connectivity index (χ0n) is 14.6. The van der Waals surface area contributed by atoms with Crippen molar-refractivity contribution >= 4 is 78.3 Å². The molecule has 0 spiro atoms. The predicted molar refractivity (Wildman–Crippen MR) is 121 cm³/mol. The van der Waals surface area contributed by atoms with E-state index in [-0.39, 0.29) is 16.6 Å². The van der Waals surface area contributed by atoms with Crippen LogP contribution in [0.15, 0.2) is 58.1 Å². The minimum Gasteiger partial charge on any atom is -0.334 e. The molecule has 11 heteroatoms. The Morgan fingerprint density at radius 3 is 2.41 bits per heavy atom. The summed E-state index contributed by atoms with van der Waals surface area (Å²) in [6, 6.07) is 11.9. The quantitative estimate of drug-likeness (QED) is 0.230. The summed E-state index contributed by atoms with van der Waals surface area (Å²) in [7, 11) is -3.74. The average Bonchev–Trinajstić information content (AvgIpc) is 3.27. The lowest BCUT2D eigenvalue weighted by Crippen LogP contribution is -2.11. The molecule has 0 unspecified atom stereocenters. The van der Waals surface area contributed by atoms with Crippen molar-refractivity contribution in [1.29, 1.82) is 0 Å². The highest BCUT2D eigenvalue weighted by Crippen LogP contribution is 2.38. The molecule has 2 heterocycles. The van der Waals surface area contributed by atoms with Crippen LogP contribution >= 0.6 is 57.4 Å². The van der Waals surface area contributed by atoms with E-state index in [1.54, 1.807) is 48.7 Å². The average molecular weight is 583 g/mol. The van der Waals surface area contributed by atoms with Gasteiger partial charge in [-0.3, -0.25) is 0 Å². The van der Waals surface area contributed by atoms with Gasteiger partial charge in [-0.2, -0.15) is 4.98 Å². The Bertz CT molecular complexity index is 1330. The van der Waals surface area contributed by atoms with Crippen LogP contribution in [-0.4, -0.2) is 22.5 Å². The van der Waals surface area contributed by atoms with Gasteiger partial charge in [0, 0.05) is 20.7 Å². The topological polar surface area (TPSA) is 78.0 Å². The van der Waals surface area contributed by atoms with Gasteiger partial charge in [0.15, 0.2) is 0 Å². The second kappa shape index (κ2) is 7.42. The molecule has 2 aromatic carbocycles. The van der Waals surface area contributed by atoms with Gasteiger partial charge in [0.05, 0.1) is 10.4 Å². The largest absolute Gasteiger partial charge is 0.334 e. The van der Waals surface area contributed by atoms with Crippen LogP contribution in [0.4, 0.5) is 0 Å². The molecule has 150 valence electrons. The van der Waals surface area contributed by atoms with E-state index in [1.807, 2.05) is 6.92 Å². The van der Waals surface area contributed by atoms with Crippen molar-refractivity contribution in [3.05, 3.63) is 63.7 Å². The number of hydrogen-bond donors (Lipinski definition) is 0. The van der Waals surface area contributed by atoms with E-state index in [2.05, 4.69) is 32.7 Å². The van der Waals surface area contributed by atoms with E-state index in [1.165, 1.54) is 3.97 Å². The number of aryl methyl sites for hydroxylation is 1. The number of rotatable bonds is 3. The van der Waals surface area contributed by atoms with Crippen molar-refractivity contribution in [2.24, 2.45) is 0 Å². The summed E-state index contributed by atoms with van der Waals surface area (Å²) >= 11 is 19.4. The van der Waals surface area contributed by atoms with Crippen LogP contribution in [-0.2, 0) is 13.8 Å². The first-order valence-corrected chi connectivity index (χ1v) is 11.8. The van der Waals surface area contributed by atoms with Crippen LogP contribution in [0.2, 0.25) is 0 Å². The summed E-state index contributed by atoms with van der Waals surface area (Å²) in [6.07, 6.45) is 1.58. The Morgan fingerprint density at radius 2 is 1.79 bits per heavy atom. The van der Waals surface area contributed by atoms with Crippen molar-refractivity contribution in [1.82, 2.24) is 14.1 Å². The molecule has 0 amide bonds. The van der Waals surface area contributed by atoms with Crippen molar-refractivity contribution in [2.45, 2.75) is 15.6 Å². The van der Waals surface area contributed by atoms with Crippen molar-refractivity contribution < 1.29 is 12.9 Å². The predicted octanol–water partition coefficient (Wildman–Crippen LogP) is 5.67. The summed E-state index contributed by atoms with van der Waals surface area (Å²) in [4.78, 5) is 4.31. The molecule has 0 aliphatic rings. The van der Waals surface area contributed by atoms with Crippen LogP contribution < -0.4 is 0 Å². The molecule has 4 aromatic rings. The van der Waals surface area contributed by atoms with E-state index in [4.69, 9.17) is 39.3 Å². The third kappa shape index (κ3) is 3.88. The summed E-state index contributed by atoms with van der Waals surface area (Å²) < 4.78 is 31.4. The first-order chi connectivity index (χ1) is 13.6. The highest BCUT2D eigenvalue weighted by molar-refractivity contribution is 14.1. The van der Waals surface area contributed by atoms with Gasteiger partial charge in [-0.25, -0.2) is 12.4 Å². The summed E-state index contributed by atoms with van der Waals surface area (Å²) in [5.41, 5.74) is 2.11. The third-order valence-corrected chi connectivity index (χ3v) is 7.26. The molecule has 2 aromatic heterocycles. The molecule has 4 rings (SSSR count). The lowest BCUT2D eigenvalue weighted by Gasteiger charge is -2.08. The van der Waals surface area contributed by atoms with Crippen LogP contribution in [0.3, 0.4) is 0 Å². The van der Waals surface area contributed by atoms with E-state index in [0.717, 1.165) is 14.5 Å². The number of halogens is 4. The maximum absolute atomic E-state index is 13.1. The zero-order valence-corrected chi connectivity index (χ0v) is 19.8. The summed E-state index contributed by atoms with van der Waals surface area (Å²) in [6.45, 7) is 1.90. The Morgan fingerprint density at radius 1 is 1.10 bits per heavy atom. The van der Waals surface area contributed by atoms with E-state index < -0.39 is 13.8 Å². The number of alkyl halides is 3. The fourth-order valence-electron chi connectivity index (χ4n) is 2.78. The second-order valence-electron chi connectivity index (χ2n) is 6.24. The number of aromatic nitrogens is 3. The standard InChI is InChI=1S/C18H11Cl3IN3O3S/c1-10-2-5-12(6-3-10)29(26,27)25-9-14(22)13-8-11(4-7-15(13)25)16-23-17(28-24-16)18(19,20)21/h2-9H,1H3. The number of nitrogens with zero attached hydrogens (tertiary/aromatic N) is 3. The Hall–Kier alpha value is -1.33. The van der Waals surface area contributed by atoms with Crippen LogP contribution in [0, 0.1) is 10.5 Å². The molecule has 0 aliphatic carbocycles. The van der Waals surface area contributed by atoms with Gasteiger partial charge < -0.3 is 4.52 Å². The van der Waals surface area contributed by atoms with Crippen LogP contribution in [0.5, 0.6) is 0 Å². The van der Waals surface area contributed by atoms with Crippen LogP contribution in [0.25, 0.3) is 22.3 Å². The summed E-state index contributed by atoms with van der Waals surface area (Å²) in [5, 5.41) is 4.56. The highest BCUT2D eigenvalue weighted by atomic mass is 127. The Kier molecular flexibility index (Phi) is 5.35. The van der Waals surface area contributed by atoms with Gasteiger partial charge in [0.2, 0.25) is 5.82 Å². The summed E-state index contributed by atoms with van der Waals surface area (Å²) in [5.74, 6) is 0.0879. The smallest absolute Gasteiger partial charge is 0.279 e. The molecule has 0 saturated carbocycles. The van der Waals surface area contributed by atoms with Gasteiger partial charge in [-0.05, 0) is 59.8 Å². The van der Waals surface area contributed by atoms with Crippen molar-refractivity contribution in [2.75, 3.05) is 0 Å². The maximum atomic E-state index is 13.1. The lowest BCUT2D eigenvalue weighted by molar-refractivity contribution is 0.383. The highest BCUT2D eigenvalue weighted by Gasteiger charge is 2.31. The molecule has 0 aliphatic heterocycles. The fraction of sp³-hybridized carbons (Fsp3) is 0.111. The Balaban J connectivity index is 1.82. The second-order valence-corrected chi connectivity index (χ2v) is 11.5. The van der Waals surface area contributed by atoms with Gasteiger partial charge in [-0.15, -0.1) is 0 Å². The van der Waals surface area contributed by atoms with Crippen molar-refractivity contribution in [3.63, 3.8) is 0 Å². The van der Waals surface area contributed by atoms with E-state index in [0.29, 0.717) is 11.1 Å². The minimum absolute atomic E-state index is 0.146. The molecular formula is C18H11Cl3IN3O3S. The van der Waals surface area contributed by atoms with Gasteiger partial charge in [0.25, 0.3) is 19.7 Å². The van der Waals surface area contributed by atoms with Gasteiger partial charge in [-0.1, -0.05) is 57.7 Å². The van der Waals surface area contributed by atoms with E-state index in [9.17, 15) is 8.42 Å². The molecule has 6 nitrogen and oxygen atoms in total. The van der Waals surface area contributed by atoms with Gasteiger partial charge in [0.1, 0.15) is 0 Å². The number of hydrogen-bond acceptors (Lipinski definition) is 5. The lowest BCUT2D eigenvalue weighted by atomic mass is 10.1. The minimum atomic E-state index is -3.74. The molecule has 0 radical (unpaired) electrons. The normalized spacial score (nSPS) is 12.6. The van der Waals surface area contributed by atoms with E-state index >= 15 is 0 Å². The SMILES string of the molecule is Cc1ccc(S(=O)(=O)n2cc(I)c3cc(-c4noc(C(Cl)(Cl)Cl)n4)ccc32)cc1. The molecule has 0 fully saturated rings. The number of benzene rings is 2. The molecule has 0 saturated heterocycles. The number of fused-ring (bicyclic) bond motifs is 1. The maximum Gasteiger partial charge on any atom is 0.279 e. The zero-order chi connectivity index (χ0) is 21.0. The first kappa shape index (κ1) is 20.9. The van der Waals surface area contributed by atoms with Crippen molar-refractivity contribution in [3.8, 4) is 11.4 Å². The molecule has 0 N–H and O–H groups in total. The monoisotopic (exact) mass is 581 g/mol. The molecule has 29 heavy (non-hydrogen) atoms.